The summed E-state index contributed by atoms with van der Waals surface area (Å²) in [4.78, 5) is 28.3. The van der Waals surface area contributed by atoms with Crippen molar-refractivity contribution in [1.29, 1.82) is 0 Å². The maximum absolute atomic E-state index is 14.9. The standard InChI is InChI=1S/C28H24FNO2/c1-27(2)17-28(3,19-12-8-5-9-13-19)23-15-20(29)14-21-22(26(32)30(27)25(21)23)16-24(31)18-10-6-4-7-11-18/h4-16H,17H2,1-3H3. The molecule has 0 radical (unpaired) electrons. The zero-order chi connectivity index (χ0) is 22.7. The molecule has 0 bridgehead atoms. The second kappa shape index (κ2) is 6.99. The maximum atomic E-state index is 14.9. The second-order valence-electron chi connectivity index (χ2n) is 9.47. The number of anilines is 1. The van der Waals surface area contributed by atoms with E-state index < -0.39 is 16.8 Å². The Kier molecular flexibility index (Phi) is 4.45. The normalized spacial score (nSPS) is 22.2. The topological polar surface area (TPSA) is 37.4 Å². The van der Waals surface area contributed by atoms with E-state index in [1.54, 1.807) is 35.2 Å². The molecular weight excluding hydrogens is 401 g/mol. The summed E-state index contributed by atoms with van der Waals surface area (Å²) in [5.74, 6) is -0.931. The summed E-state index contributed by atoms with van der Waals surface area (Å²) < 4.78 is 14.9. The fourth-order valence-corrected chi connectivity index (χ4v) is 5.44. The van der Waals surface area contributed by atoms with E-state index in [9.17, 15) is 14.0 Å². The molecule has 0 fully saturated rings. The Morgan fingerprint density at radius 1 is 0.969 bits per heavy atom. The van der Waals surface area contributed by atoms with Crippen LogP contribution in [0.2, 0.25) is 0 Å². The van der Waals surface area contributed by atoms with Gasteiger partial charge in [-0.1, -0.05) is 67.6 Å². The molecule has 0 aliphatic carbocycles. The third kappa shape index (κ3) is 2.94. The van der Waals surface area contributed by atoms with Gasteiger partial charge < -0.3 is 4.90 Å². The molecule has 0 spiro atoms. The largest absolute Gasteiger partial charge is 0.302 e. The highest BCUT2D eigenvalue weighted by Crippen LogP contribution is 2.56. The molecule has 3 aromatic rings. The van der Waals surface area contributed by atoms with Gasteiger partial charge in [0.05, 0.1) is 11.3 Å². The van der Waals surface area contributed by atoms with Crippen molar-refractivity contribution in [2.45, 2.75) is 38.1 Å². The van der Waals surface area contributed by atoms with Crippen LogP contribution in [0, 0.1) is 5.82 Å². The van der Waals surface area contributed by atoms with Crippen LogP contribution in [0.5, 0.6) is 0 Å². The van der Waals surface area contributed by atoms with Crippen molar-refractivity contribution >= 4 is 23.0 Å². The molecule has 0 N–H and O–H groups in total. The van der Waals surface area contributed by atoms with Crippen LogP contribution in [-0.2, 0) is 10.2 Å². The smallest absolute Gasteiger partial charge is 0.259 e. The molecule has 160 valence electrons. The predicted octanol–water partition coefficient (Wildman–Crippen LogP) is 5.93. The minimum Gasteiger partial charge on any atom is -0.302 e. The minimum atomic E-state index is -0.521. The first-order chi connectivity index (χ1) is 15.2. The number of ketones is 1. The van der Waals surface area contributed by atoms with Gasteiger partial charge in [-0.25, -0.2) is 4.39 Å². The molecule has 2 aliphatic rings. The Hall–Kier alpha value is -3.53. The molecular formula is C28H24FNO2. The highest BCUT2D eigenvalue weighted by molar-refractivity contribution is 6.36. The number of allylic oxidation sites excluding steroid dienone is 1. The zero-order valence-electron chi connectivity index (χ0n) is 18.4. The Bertz CT molecular complexity index is 1280. The van der Waals surface area contributed by atoms with Crippen LogP contribution in [0.3, 0.4) is 0 Å². The molecule has 5 rings (SSSR count). The van der Waals surface area contributed by atoms with Crippen LogP contribution in [0.1, 0.15) is 54.2 Å². The molecule has 0 saturated heterocycles. The lowest BCUT2D eigenvalue weighted by molar-refractivity contribution is -0.114. The van der Waals surface area contributed by atoms with Crippen LogP contribution in [0.4, 0.5) is 10.1 Å². The lowest BCUT2D eigenvalue weighted by atomic mass is 9.65. The van der Waals surface area contributed by atoms with Gasteiger partial charge in [-0.3, -0.25) is 9.59 Å². The lowest BCUT2D eigenvalue weighted by Crippen LogP contribution is -2.54. The van der Waals surface area contributed by atoms with Crippen LogP contribution in [-0.4, -0.2) is 17.2 Å². The average Bonchev–Trinajstić information content (AvgIpc) is 3.05. The molecule has 32 heavy (non-hydrogen) atoms. The number of benzene rings is 3. The van der Waals surface area contributed by atoms with Crippen LogP contribution < -0.4 is 4.90 Å². The molecule has 0 saturated carbocycles. The van der Waals surface area contributed by atoms with Crippen LogP contribution in [0.25, 0.3) is 5.57 Å². The van der Waals surface area contributed by atoms with Gasteiger partial charge in [0.2, 0.25) is 0 Å². The van der Waals surface area contributed by atoms with Crippen molar-refractivity contribution in [2.75, 3.05) is 4.90 Å². The molecule has 3 aromatic carbocycles. The number of carbonyl (C=O) groups is 2. The van der Waals surface area contributed by atoms with Gasteiger partial charge in [0.1, 0.15) is 5.82 Å². The van der Waals surface area contributed by atoms with Gasteiger partial charge in [-0.15, -0.1) is 0 Å². The first kappa shape index (κ1) is 20.4. The summed E-state index contributed by atoms with van der Waals surface area (Å²) >= 11 is 0. The molecule has 4 heteroatoms. The number of carbonyl (C=O) groups excluding carboxylic acids is 2. The van der Waals surface area contributed by atoms with E-state index in [1.807, 2.05) is 38.1 Å². The molecule has 1 atom stereocenters. The first-order valence-electron chi connectivity index (χ1n) is 10.8. The fraction of sp³-hybridized carbons (Fsp3) is 0.214. The van der Waals surface area contributed by atoms with Gasteiger partial charge in [0.25, 0.3) is 5.91 Å². The summed E-state index contributed by atoms with van der Waals surface area (Å²) in [6.45, 7) is 6.17. The van der Waals surface area contributed by atoms with Gasteiger partial charge in [-0.05, 0) is 49.6 Å². The average molecular weight is 426 g/mol. The molecule has 1 unspecified atom stereocenters. The van der Waals surface area contributed by atoms with Gasteiger partial charge in [-0.2, -0.15) is 0 Å². The van der Waals surface area contributed by atoms with Crippen molar-refractivity contribution in [2.24, 2.45) is 0 Å². The van der Waals surface area contributed by atoms with Crippen molar-refractivity contribution in [1.82, 2.24) is 0 Å². The number of rotatable bonds is 3. The van der Waals surface area contributed by atoms with Gasteiger partial charge in [0.15, 0.2) is 5.78 Å². The maximum Gasteiger partial charge on any atom is 0.259 e. The predicted molar refractivity (Wildman–Crippen MR) is 124 cm³/mol. The van der Waals surface area contributed by atoms with Crippen molar-refractivity contribution in [3.05, 3.63) is 107 Å². The third-order valence-corrected chi connectivity index (χ3v) is 6.75. The molecule has 2 heterocycles. The zero-order valence-corrected chi connectivity index (χ0v) is 18.4. The summed E-state index contributed by atoms with van der Waals surface area (Å²) in [5.41, 5.74) is 2.80. The molecule has 1 amide bonds. The van der Waals surface area contributed by atoms with Crippen LogP contribution in [0.15, 0.2) is 78.9 Å². The summed E-state index contributed by atoms with van der Waals surface area (Å²) in [7, 11) is 0. The summed E-state index contributed by atoms with van der Waals surface area (Å²) in [6.07, 6.45) is 1.99. The lowest BCUT2D eigenvalue weighted by Gasteiger charge is -2.49. The minimum absolute atomic E-state index is 0.250. The van der Waals surface area contributed by atoms with E-state index >= 15 is 0 Å². The summed E-state index contributed by atoms with van der Waals surface area (Å²) in [5, 5.41) is 0. The van der Waals surface area contributed by atoms with E-state index in [0.717, 1.165) is 11.1 Å². The van der Waals surface area contributed by atoms with Crippen molar-refractivity contribution < 1.29 is 14.0 Å². The van der Waals surface area contributed by atoms with Gasteiger partial charge in [0, 0.05) is 22.1 Å². The summed E-state index contributed by atoms with van der Waals surface area (Å²) in [6, 6.07) is 21.8. The van der Waals surface area contributed by atoms with E-state index in [-0.39, 0.29) is 17.3 Å². The molecule has 3 nitrogen and oxygen atoms in total. The molecule has 0 aromatic heterocycles. The Morgan fingerprint density at radius 2 is 1.59 bits per heavy atom. The fourth-order valence-electron chi connectivity index (χ4n) is 5.44. The van der Waals surface area contributed by atoms with E-state index in [2.05, 4.69) is 19.1 Å². The number of nitrogens with zero attached hydrogens (tertiary/aromatic N) is 1. The Labute approximate surface area is 187 Å². The van der Waals surface area contributed by atoms with Crippen molar-refractivity contribution in [3.63, 3.8) is 0 Å². The Balaban J connectivity index is 1.75. The quantitative estimate of drug-likeness (QED) is 0.385. The number of amides is 1. The van der Waals surface area contributed by atoms with Crippen molar-refractivity contribution in [3.8, 4) is 0 Å². The first-order valence-corrected chi connectivity index (χ1v) is 10.8. The number of hydrogen-bond acceptors (Lipinski definition) is 2. The number of halogens is 1. The van der Waals surface area contributed by atoms with E-state index in [1.165, 1.54) is 12.1 Å². The highest BCUT2D eigenvalue weighted by atomic mass is 19.1. The number of hydrogen-bond donors (Lipinski definition) is 0. The van der Waals surface area contributed by atoms with E-state index in [4.69, 9.17) is 0 Å². The SMILES string of the molecule is CC1(c2ccccc2)CC(C)(C)N2C(=O)C(=CC(=O)c3ccccc3)c3cc(F)cc1c32. The third-order valence-electron chi connectivity index (χ3n) is 6.75. The monoisotopic (exact) mass is 425 g/mol. The Morgan fingerprint density at radius 3 is 2.25 bits per heavy atom. The highest BCUT2D eigenvalue weighted by Gasteiger charge is 2.52. The second-order valence-corrected chi connectivity index (χ2v) is 9.47. The van der Waals surface area contributed by atoms with E-state index in [0.29, 0.717) is 23.2 Å². The molecule has 2 aliphatic heterocycles. The van der Waals surface area contributed by atoms with Gasteiger partial charge >= 0.3 is 0 Å². The van der Waals surface area contributed by atoms with Crippen LogP contribution >= 0.6 is 0 Å².